The monoisotopic (exact) mass is 312 g/mol. The van der Waals surface area contributed by atoms with Crippen LogP contribution in [0.3, 0.4) is 0 Å². The van der Waals surface area contributed by atoms with Gasteiger partial charge in [-0.2, -0.15) is 0 Å². The predicted octanol–water partition coefficient (Wildman–Crippen LogP) is 4.02. The van der Waals surface area contributed by atoms with E-state index in [1.165, 1.54) is 11.3 Å². The Hall–Kier alpha value is -2.40. The number of hydrogen-bond donors (Lipinski definition) is 1. The van der Waals surface area contributed by atoms with Crippen LogP contribution in [-0.2, 0) is 6.54 Å². The summed E-state index contributed by atoms with van der Waals surface area (Å²) in [5.41, 5.74) is 1.09. The minimum absolute atomic E-state index is 0.264. The molecule has 0 amide bonds. The Bertz CT molecular complexity index is 797. The number of ether oxygens (including phenoxy) is 1. The maximum Gasteiger partial charge on any atom is 0.143 e. The second-order valence-corrected chi connectivity index (χ2v) is 5.81. The van der Waals surface area contributed by atoms with Crippen LogP contribution in [0.2, 0.25) is 0 Å². The van der Waals surface area contributed by atoms with E-state index in [1.807, 2.05) is 37.3 Å². The molecule has 2 heterocycles. The maximum absolute atomic E-state index is 10.3. The van der Waals surface area contributed by atoms with Gasteiger partial charge in [-0.25, -0.2) is 0 Å². The van der Waals surface area contributed by atoms with E-state index >= 15 is 0 Å². The molecule has 0 radical (unpaired) electrons. The zero-order valence-electron chi connectivity index (χ0n) is 12.2. The number of aliphatic imine (C=N–C) groups is 1. The predicted molar refractivity (Wildman–Crippen MR) is 90.2 cm³/mol. The molecule has 0 spiro atoms. The zero-order chi connectivity index (χ0) is 15.4. The highest BCUT2D eigenvalue weighted by atomic mass is 32.1. The first-order valence-corrected chi connectivity index (χ1v) is 7.86. The molecule has 0 saturated carbocycles. The van der Waals surface area contributed by atoms with E-state index in [0.717, 1.165) is 26.3 Å². The van der Waals surface area contributed by atoms with Gasteiger partial charge in [-0.1, -0.05) is 0 Å². The van der Waals surface area contributed by atoms with Gasteiger partial charge in [0.2, 0.25) is 0 Å². The van der Waals surface area contributed by atoms with Gasteiger partial charge in [0.1, 0.15) is 11.5 Å². The molecule has 5 heteroatoms. The fraction of sp³-hybridized carbons (Fsp3) is 0.176. The third kappa shape index (κ3) is 3.09. The first kappa shape index (κ1) is 14.5. The van der Waals surface area contributed by atoms with Crippen LogP contribution >= 0.6 is 11.3 Å². The Balaban J connectivity index is 1.83. The SMILES string of the molecule is CCOc1ccc2sc(C=NCc3ccncc3)c(O)c2c1. The Labute approximate surface area is 132 Å². The summed E-state index contributed by atoms with van der Waals surface area (Å²) in [6.07, 6.45) is 5.22. The minimum atomic E-state index is 0.264. The lowest BCUT2D eigenvalue weighted by atomic mass is 10.2. The largest absolute Gasteiger partial charge is 0.506 e. The number of nitrogens with zero attached hydrogens (tertiary/aromatic N) is 2. The molecule has 2 aromatic heterocycles. The molecule has 1 aromatic carbocycles. The molecule has 0 saturated heterocycles. The molecule has 1 N–H and O–H groups in total. The number of hydrogen-bond acceptors (Lipinski definition) is 5. The Morgan fingerprint density at radius 3 is 2.86 bits per heavy atom. The van der Waals surface area contributed by atoms with Crippen molar-refractivity contribution in [3.8, 4) is 11.5 Å². The first-order chi connectivity index (χ1) is 10.8. The molecule has 0 aliphatic heterocycles. The average molecular weight is 312 g/mol. The maximum atomic E-state index is 10.3. The van der Waals surface area contributed by atoms with Gasteiger partial charge < -0.3 is 9.84 Å². The van der Waals surface area contributed by atoms with Crippen molar-refractivity contribution in [3.05, 3.63) is 53.2 Å². The van der Waals surface area contributed by atoms with E-state index in [0.29, 0.717) is 13.2 Å². The summed E-state index contributed by atoms with van der Waals surface area (Å²) >= 11 is 1.52. The number of rotatable bonds is 5. The van der Waals surface area contributed by atoms with Crippen LogP contribution in [0.5, 0.6) is 11.5 Å². The number of aromatic nitrogens is 1. The van der Waals surface area contributed by atoms with Crippen molar-refractivity contribution in [3.63, 3.8) is 0 Å². The molecule has 0 unspecified atom stereocenters. The molecule has 3 aromatic rings. The summed E-state index contributed by atoms with van der Waals surface area (Å²) in [6.45, 7) is 3.12. The third-order valence-electron chi connectivity index (χ3n) is 3.20. The molecule has 4 nitrogen and oxygen atoms in total. The smallest absolute Gasteiger partial charge is 0.143 e. The van der Waals surface area contributed by atoms with Crippen LogP contribution in [0.15, 0.2) is 47.7 Å². The van der Waals surface area contributed by atoms with Crippen LogP contribution < -0.4 is 4.74 Å². The van der Waals surface area contributed by atoms with Gasteiger partial charge in [0.25, 0.3) is 0 Å². The van der Waals surface area contributed by atoms with Crippen molar-refractivity contribution in [1.29, 1.82) is 0 Å². The summed E-state index contributed by atoms with van der Waals surface area (Å²) in [4.78, 5) is 9.13. The lowest BCUT2D eigenvalue weighted by Crippen LogP contribution is -1.89. The number of thiophene rings is 1. The van der Waals surface area contributed by atoms with Crippen molar-refractivity contribution in [2.24, 2.45) is 4.99 Å². The van der Waals surface area contributed by atoms with Crippen molar-refractivity contribution in [1.82, 2.24) is 4.98 Å². The molecule has 0 atom stereocenters. The van der Waals surface area contributed by atoms with Crippen molar-refractivity contribution < 1.29 is 9.84 Å². The normalized spacial score (nSPS) is 11.3. The second-order valence-electron chi connectivity index (χ2n) is 4.73. The highest BCUT2D eigenvalue weighted by Crippen LogP contribution is 2.37. The van der Waals surface area contributed by atoms with E-state index in [2.05, 4.69) is 9.98 Å². The average Bonchev–Trinajstić information content (AvgIpc) is 2.85. The number of pyridine rings is 1. The Morgan fingerprint density at radius 1 is 1.27 bits per heavy atom. The van der Waals surface area contributed by atoms with Crippen molar-refractivity contribution in [2.45, 2.75) is 13.5 Å². The standard InChI is InChI=1S/C17H16N2O2S/c1-2-21-13-3-4-15-14(9-13)17(20)16(22-15)11-19-10-12-5-7-18-8-6-12/h3-9,11,20H,2,10H2,1H3. The van der Waals surface area contributed by atoms with Crippen LogP contribution in [0.4, 0.5) is 0 Å². The summed E-state index contributed by atoms with van der Waals surface area (Å²) < 4.78 is 6.49. The van der Waals surface area contributed by atoms with Gasteiger partial charge >= 0.3 is 0 Å². The van der Waals surface area contributed by atoms with Crippen molar-refractivity contribution in [2.75, 3.05) is 6.61 Å². The van der Waals surface area contributed by atoms with Gasteiger partial charge in [-0.3, -0.25) is 9.98 Å². The molecule has 22 heavy (non-hydrogen) atoms. The molecule has 3 rings (SSSR count). The van der Waals surface area contributed by atoms with Gasteiger partial charge in [0, 0.05) is 28.7 Å². The molecular formula is C17H16N2O2S. The highest BCUT2D eigenvalue weighted by Gasteiger charge is 2.10. The van der Waals surface area contributed by atoms with Gasteiger partial charge in [0.15, 0.2) is 0 Å². The third-order valence-corrected chi connectivity index (χ3v) is 4.30. The molecular weight excluding hydrogens is 296 g/mol. The van der Waals surface area contributed by atoms with Crippen LogP contribution in [0.25, 0.3) is 10.1 Å². The van der Waals surface area contributed by atoms with E-state index in [-0.39, 0.29) is 5.75 Å². The lowest BCUT2D eigenvalue weighted by Gasteiger charge is -2.01. The zero-order valence-corrected chi connectivity index (χ0v) is 13.0. The van der Waals surface area contributed by atoms with Crippen LogP contribution in [0, 0.1) is 0 Å². The Kier molecular flexibility index (Phi) is 4.34. The highest BCUT2D eigenvalue weighted by molar-refractivity contribution is 7.21. The van der Waals surface area contributed by atoms with E-state index in [9.17, 15) is 5.11 Å². The summed E-state index contributed by atoms with van der Waals surface area (Å²) in [6, 6.07) is 9.60. The van der Waals surface area contributed by atoms with E-state index < -0.39 is 0 Å². The number of fused-ring (bicyclic) bond motifs is 1. The van der Waals surface area contributed by atoms with E-state index in [1.54, 1.807) is 18.6 Å². The lowest BCUT2D eigenvalue weighted by molar-refractivity contribution is 0.340. The minimum Gasteiger partial charge on any atom is -0.506 e. The van der Waals surface area contributed by atoms with Gasteiger partial charge in [-0.15, -0.1) is 11.3 Å². The van der Waals surface area contributed by atoms with Crippen molar-refractivity contribution >= 4 is 27.6 Å². The summed E-state index contributed by atoms with van der Waals surface area (Å²) in [7, 11) is 0. The van der Waals surface area contributed by atoms with Gasteiger partial charge in [0.05, 0.1) is 18.0 Å². The molecule has 0 bridgehead atoms. The van der Waals surface area contributed by atoms with Gasteiger partial charge in [-0.05, 0) is 42.8 Å². The summed E-state index contributed by atoms with van der Waals surface area (Å²) in [5, 5.41) is 11.1. The van der Waals surface area contributed by atoms with E-state index in [4.69, 9.17) is 4.74 Å². The Morgan fingerprint density at radius 2 is 2.09 bits per heavy atom. The molecule has 0 fully saturated rings. The first-order valence-electron chi connectivity index (χ1n) is 7.05. The van der Waals surface area contributed by atoms with Crippen LogP contribution in [-0.4, -0.2) is 22.9 Å². The molecule has 0 aliphatic carbocycles. The second kappa shape index (κ2) is 6.58. The fourth-order valence-corrected chi connectivity index (χ4v) is 3.12. The molecule has 0 aliphatic rings. The molecule has 112 valence electrons. The van der Waals surface area contributed by atoms with Crippen LogP contribution in [0.1, 0.15) is 17.4 Å². The number of aromatic hydroxyl groups is 1. The number of benzene rings is 1. The quantitative estimate of drug-likeness (QED) is 0.724. The summed E-state index contributed by atoms with van der Waals surface area (Å²) in [5.74, 6) is 1.03. The fourth-order valence-electron chi connectivity index (χ4n) is 2.15. The topological polar surface area (TPSA) is 54.7 Å².